The Labute approximate surface area is 175 Å². The number of fused-ring (bicyclic) bond motifs is 1. The van der Waals surface area contributed by atoms with E-state index in [-0.39, 0.29) is 17.6 Å². The van der Waals surface area contributed by atoms with Crippen LogP contribution in [0, 0.1) is 5.82 Å². The molecule has 1 saturated heterocycles. The van der Waals surface area contributed by atoms with Crippen LogP contribution in [0.5, 0.6) is 0 Å². The van der Waals surface area contributed by atoms with Gasteiger partial charge in [0.05, 0.1) is 0 Å². The summed E-state index contributed by atoms with van der Waals surface area (Å²) in [4.78, 5) is 29.3. The van der Waals surface area contributed by atoms with Gasteiger partial charge in [0.1, 0.15) is 5.82 Å². The third kappa shape index (κ3) is 4.49. The van der Waals surface area contributed by atoms with E-state index in [1.807, 2.05) is 47.4 Å². The molecule has 5 nitrogen and oxygen atoms in total. The molecule has 0 unspecified atom stereocenters. The average Bonchev–Trinajstić information content (AvgIpc) is 2.79. The fourth-order valence-corrected chi connectivity index (χ4v) is 3.79. The summed E-state index contributed by atoms with van der Waals surface area (Å²) >= 11 is 0. The van der Waals surface area contributed by atoms with Crippen LogP contribution in [0.4, 0.5) is 4.39 Å². The van der Waals surface area contributed by atoms with E-state index in [9.17, 15) is 14.0 Å². The van der Waals surface area contributed by atoms with E-state index in [0.29, 0.717) is 31.7 Å². The first-order valence-corrected chi connectivity index (χ1v) is 10.1. The van der Waals surface area contributed by atoms with E-state index in [2.05, 4.69) is 10.2 Å². The summed E-state index contributed by atoms with van der Waals surface area (Å²) in [7, 11) is 0. The molecule has 1 aliphatic heterocycles. The molecule has 30 heavy (non-hydrogen) atoms. The predicted molar refractivity (Wildman–Crippen MR) is 115 cm³/mol. The quantitative estimate of drug-likeness (QED) is 0.710. The first-order valence-electron chi connectivity index (χ1n) is 10.1. The third-order valence-electron chi connectivity index (χ3n) is 5.50. The van der Waals surface area contributed by atoms with E-state index in [1.165, 1.54) is 24.3 Å². The van der Waals surface area contributed by atoms with Crippen molar-refractivity contribution in [3.63, 3.8) is 0 Å². The summed E-state index contributed by atoms with van der Waals surface area (Å²) in [5, 5.41) is 4.91. The molecular formula is C24H24FN3O2. The first-order chi connectivity index (χ1) is 14.6. The van der Waals surface area contributed by atoms with Crippen LogP contribution in [-0.4, -0.2) is 60.9 Å². The summed E-state index contributed by atoms with van der Waals surface area (Å²) in [5.41, 5.74) is 1.19. The number of nitrogens with one attached hydrogen (secondary N) is 1. The van der Waals surface area contributed by atoms with E-state index in [0.717, 1.165) is 29.4 Å². The van der Waals surface area contributed by atoms with Gasteiger partial charge in [0.2, 0.25) is 0 Å². The monoisotopic (exact) mass is 405 g/mol. The van der Waals surface area contributed by atoms with Crippen LogP contribution >= 0.6 is 0 Å². The normalized spacial score (nSPS) is 14.6. The molecule has 154 valence electrons. The van der Waals surface area contributed by atoms with Crippen LogP contribution in [-0.2, 0) is 0 Å². The predicted octanol–water partition coefficient (Wildman–Crippen LogP) is 3.17. The van der Waals surface area contributed by atoms with Crippen molar-refractivity contribution in [2.45, 2.75) is 0 Å². The molecule has 1 fully saturated rings. The van der Waals surface area contributed by atoms with Crippen LogP contribution < -0.4 is 5.32 Å². The molecule has 0 atom stereocenters. The number of halogens is 1. The van der Waals surface area contributed by atoms with Crippen molar-refractivity contribution in [3.05, 3.63) is 83.7 Å². The van der Waals surface area contributed by atoms with Crippen molar-refractivity contribution in [1.82, 2.24) is 15.1 Å². The number of carbonyl (C=O) groups is 2. The Hall–Kier alpha value is -3.25. The highest BCUT2D eigenvalue weighted by Gasteiger charge is 2.23. The van der Waals surface area contributed by atoms with Gasteiger partial charge in [-0.15, -0.1) is 0 Å². The van der Waals surface area contributed by atoms with Gasteiger partial charge in [0.15, 0.2) is 0 Å². The average molecular weight is 405 g/mol. The second kappa shape index (κ2) is 9.05. The lowest BCUT2D eigenvalue weighted by molar-refractivity contribution is 0.0640. The van der Waals surface area contributed by atoms with Gasteiger partial charge in [0.25, 0.3) is 11.8 Å². The molecule has 0 bridgehead atoms. The number of benzene rings is 3. The van der Waals surface area contributed by atoms with Gasteiger partial charge < -0.3 is 10.2 Å². The molecule has 0 aliphatic carbocycles. The summed E-state index contributed by atoms with van der Waals surface area (Å²) in [5.74, 6) is -0.502. The van der Waals surface area contributed by atoms with Gasteiger partial charge in [-0.25, -0.2) is 4.39 Å². The molecule has 1 heterocycles. The Morgan fingerprint density at radius 3 is 2.33 bits per heavy atom. The van der Waals surface area contributed by atoms with Gasteiger partial charge in [-0.1, -0.05) is 36.4 Å². The van der Waals surface area contributed by atoms with Crippen LogP contribution in [0.15, 0.2) is 66.7 Å². The van der Waals surface area contributed by atoms with E-state index >= 15 is 0 Å². The maximum absolute atomic E-state index is 13.0. The molecule has 0 radical (unpaired) electrons. The lowest BCUT2D eigenvalue weighted by Gasteiger charge is -2.35. The van der Waals surface area contributed by atoms with Crippen LogP contribution in [0.2, 0.25) is 0 Å². The van der Waals surface area contributed by atoms with Gasteiger partial charge in [-0.3, -0.25) is 14.5 Å². The zero-order chi connectivity index (χ0) is 20.9. The van der Waals surface area contributed by atoms with Crippen molar-refractivity contribution >= 4 is 22.6 Å². The lowest BCUT2D eigenvalue weighted by Crippen LogP contribution is -2.50. The Bertz CT molecular complexity index is 1040. The fourth-order valence-electron chi connectivity index (χ4n) is 3.79. The number of piperazine rings is 1. The van der Waals surface area contributed by atoms with Crippen LogP contribution in [0.1, 0.15) is 20.7 Å². The molecular weight excluding hydrogens is 381 g/mol. The van der Waals surface area contributed by atoms with Gasteiger partial charge >= 0.3 is 0 Å². The minimum Gasteiger partial charge on any atom is -0.351 e. The minimum absolute atomic E-state index is 0.0658. The molecule has 4 rings (SSSR count). The van der Waals surface area contributed by atoms with E-state index in [1.54, 1.807) is 0 Å². The van der Waals surface area contributed by atoms with Crippen molar-refractivity contribution in [2.24, 2.45) is 0 Å². The molecule has 6 heteroatoms. The Kier molecular flexibility index (Phi) is 6.05. The standard InChI is InChI=1S/C24H24FN3O2/c25-20-10-8-19(9-11-20)23(29)26-12-13-27-14-16-28(17-15-27)24(30)22-7-3-5-18-4-1-2-6-21(18)22/h1-11H,12-17H2,(H,26,29). The van der Waals surface area contributed by atoms with Crippen molar-refractivity contribution in [3.8, 4) is 0 Å². The van der Waals surface area contributed by atoms with Gasteiger partial charge in [-0.2, -0.15) is 0 Å². The van der Waals surface area contributed by atoms with Crippen LogP contribution in [0.3, 0.4) is 0 Å². The Morgan fingerprint density at radius 1 is 0.867 bits per heavy atom. The smallest absolute Gasteiger partial charge is 0.254 e. The Morgan fingerprint density at radius 2 is 1.57 bits per heavy atom. The summed E-state index contributed by atoms with van der Waals surface area (Å²) in [6.45, 7) is 4.07. The minimum atomic E-state index is -0.359. The first kappa shape index (κ1) is 20.0. The lowest BCUT2D eigenvalue weighted by atomic mass is 10.0. The highest BCUT2D eigenvalue weighted by molar-refractivity contribution is 6.07. The van der Waals surface area contributed by atoms with Crippen molar-refractivity contribution < 1.29 is 14.0 Å². The molecule has 2 amide bonds. The zero-order valence-corrected chi connectivity index (χ0v) is 16.7. The third-order valence-corrected chi connectivity index (χ3v) is 5.50. The largest absolute Gasteiger partial charge is 0.351 e. The highest BCUT2D eigenvalue weighted by Crippen LogP contribution is 2.20. The summed E-state index contributed by atoms with van der Waals surface area (Å²) < 4.78 is 13.0. The van der Waals surface area contributed by atoms with E-state index < -0.39 is 0 Å². The number of hydrogen-bond donors (Lipinski definition) is 1. The van der Waals surface area contributed by atoms with Gasteiger partial charge in [0, 0.05) is 50.4 Å². The molecule has 0 aromatic heterocycles. The number of hydrogen-bond acceptors (Lipinski definition) is 3. The number of nitrogens with zero attached hydrogens (tertiary/aromatic N) is 2. The number of amides is 2. The second-order valence-corrected chi connectivity index (χ2v) is 7.42. The van der Waals surface area contributed by atoms with Crippen molar-refractivity contribution in [2.75, 3.05) is 39.3 Å². The summed E-state index contributed by atoms with van der Waals surface area (Å²) in [6.07, 6.45) is 0. The molecule has 0 spiro atoms. The van der Waals surface area contributed by atoms with Gasteiger partial charge in [-0.05, 0) is 41.1 Å². The second-order valence-electron chi connectivity index (χ2n) is 7.42. The number of carbonyl (C=O) groups excluding carboxylic acids is 2. The topological polar surface area (TPSA) is 52.7 Å². The fraction of sp³-hybridized carbons (Fsp3) is 0.250. The zero-order valence-electron chi connectivity index (χ0n) is 16.7. The maximum atomic E-state index is 13.0. The molecule has 3 aromatic carbocycles. The maximum Gasteiger partial charge on any atom is 0.254 e. The molecule has 0 saturated carbocycles. The van der Waals surface area contributed by atoms with Crippen LogP contribution in [0.25, 0.3) is 10.8 Å². The van der Waals surface area contributed by atoms with E-state index in [4.69, 9.17) is 0 Å². The van der Waals surface area contributed by atoms with Crippen molar-refractivity contribution in [1.29, 1.82) is 0 Å². The molecule has 1 aliphatic rings. The molecule has 1 N–H and O–H groups in total. The summed E-state index contributed by atoms with van der Waals surface area (Å²) in [6, 6.07) is 19.3. The SMILES string of the molecule is O=C(NCCN1CCN(C(=O)c2cccc3ccccc23)CC1)c1ccc(F)cc1. The number of rotatable bonds is 5. The molecule has 3 aromatic rings. The Balaban J connectivity index is 1.27. The highest BCUT2D eigenvalue weighted by atomic mass is 19.1.